The Kier molecular flexibility index (Phi) is 4.59. The third kappa shape index (κ3) is 2.66. The Labute approximate surface area is 109 Å². The van der Waals surface area contributed by atoms with Crippen molar-refractivity contribution < 1.29 is 0 Å². The van der Waals surface area contributed by atoms with Crippen molar-refractivity contribution in [1.29, 1.82) is 0 Å². The Morgan fingerprint density at radius 3 is 2.78 bits per heavy atom. The van der Waals surface area contributed by atoms with E-state index in [1.54, 1.807) is 0 Å². The maximum absolute atomic E-state index is 12.5. The lowest BCUT2D eigenvalue weighted by molar-refractivity contribution is 0.556. The molecule has 0 fully saturated rings. The molecule has 0 spiro atoms. The number of fused-ring (bicyclic) bond motifs is 1. The minimum absolute atomic E-state index is 0.221. The molecule has 100 valence electrons. The van der Waals surface area contributed by atoms with E-state index in [4.69, 9.17) is 0 Å². The number of nitrogens with one attached hydrogen (secondary N) is 1. The number of rotatable bonds is 5. The molecular formula is C15H24N2O. The second kappa shape index (κ2) is 6.19. The SMILES string of the molecule is CCCn1c2c(cc(CNCC)c1=O)CCCC2. The molecule has 0 saturated heterocycles. The molecule has 18 heavy (non-hydrogen) atoms. The van der Waals surface area contributed by atoms with Crippen LogP contribution in [0.15, 0.2) is 10.9 Å². The fourth-order valence-electron chi connectivity index (χ4n) is 2.79. The van der Waals surface area contributed by atoms with E-state index in [0.29, 0.717) is 6.54 Å². The van der Waals surface area contributed by atoms with Gasteiger partial charge in [-0.05, 0) is 50.3 Å². The van der Waals surface area contributed by atoms with Crippen molar-refractivity contribution in [2.45, 2.75) is 59.0 Å². The van der Waals surface area contributed by atoms with Crippen molar-refractivity contribution in [2.75, 3.05) is 6.54 Å². The molecule has 0 amide bonds. The van der Waals surface area contributed by atoms with E-state index in [9.17, 15) is 4.79 Å². The van der Waals surface area contributed by atoms with Gasteiger partial charge in [0.15, 0.2) is 0 Å². The zero-order valence-corrected chi connectivity index (χ0v) is 11.6. The second-order valence-electron chi connectivity index (χ2n) is 5.09. The number of hydrogen-bond donors (Lipinski definition) is 1. The summed E-state index contributed by atoms with van der Waals surface area (Å²) in [6, 6.07) is 2.14. The average molecular weight is 248 g/mol. The Morgan fingerprint density at radius 1 is 1.28 bits per heavy atom. The van der Waals surface area contributed by atoms with Crippen molar-refractivity contribution in [2.24, 2.45) is 0 Å². The van der Waals surface area contributed by atoms with E-state index in [1.165, 1.54) is 24.1 Å². The van der Waals surface area contributed by atoms with Crippen LogP contribution in [0.25, 0.3) is 0 Å². The molecule has 0 aliphatic heterocycles. The molecular weight excluding hydrogens is 224 g/mol. The van der Waals surface area contributed by atoms with Crippen LogP contribution >= 0.6 is 0 Å². The lowest BCUT2D eigenvalue weighted by Crippen LogP contribution is -2.31. The van der Waals surface area contributed by atoms with Gasteiger partial charge in [0.1, 0.15) is 0 Å². The van der Waals surface area contributed by atoms with Gasteiger partial charge in [0, 0.05) is 24.3 Å². The molecule has 0 unspecified atom stereocenters. The van der Waals surface area contributed by atoms with Gasteiger partial charge in [-0.25, -0.2) is 0 Å². The summed E-state index contributed by atoms with van der Waals surface area (Å²) in [5.74, 6) is 0. The van der Waals surface area contributed by atoms with Crippen molar-refractivity contribution in [1.82, 2.24) is 9.88 Å². The molecule has 3 heteroatoms. The highest BCUT2D eigenvalue weighted by Gasteiger charge is 2.16. The van der Waals surface area contributed by atoms with Crippen molar-refractivity contribution >= 4 is 0 Å². The molecule has 0 radical (unpaired) electrons. The molecule has 2 rings (SSSR count). The second-order valence-corrected chi connectivity index (χ2v) is 5.09. The summed E-state index contributed by atoms with van der Waals surface area (Å²) in [5.41, 5.74) is 3.86. The van der Waals surface area contributed by atoms with Gasteiger partial charge < -0.3 is 9.88 Å². The van der Waals surface area contributed by atoms with Crippen LogP contribution < -0.4 is 10.9 Å². The van der Waals surface area contributed by atoms with Crippen LogP contribution in [0.3, 0.4) is 0 Å². The van der Waals surface area contributed by atoms with Gasteiger partial charge in [0.25, 0.3) is 5.56 Å². The van der Waals surface area contributed by atoms with Crippen LogP contribution in [0, 0.1) is 0 Å². The van der Waals surface area contributed by atoms with Gasteiger partial charge in [-0.15, -0.1) is 0 Å². The Balaban J connectivity index is 2.43. The summed E-state index contributed by atoms with van der Waals surface area (Å²) in [7, 11) is 0. The third-order valence-electron chi connectivity index (χ3n) is 3.69. The summed E-state index contributed by atoms with van der Waals surface area (Å²) < 4.78 is 2.03. The van der Waals surface area contributed by atoms with Crippen LogP contribution in [-0.4, -0.2) is 11.1 Å². The van der Waals surface area contributed by atoms with Crippen LogP contribution in [0.2, 0.25) is 0 Å². The molecule has 0 aromatic carbocycles. The Hall–Kier alpha value is -1.09. The van der Waals surface area contributed by atoms with Crippen molar-refractivity contribution in [3.8, 4) is 0 Å². The van der Waals surface area contributed by atoms with Gasteiger partial charge in [-0.2, -0.15) is 0 Å². The van der Waals surface area contributed by atoms with Crippen molar-refractivity contribution in [3.05, 3.63) is 33.2 Å². The molecule has 0 bridgehead atoms. The van der Waals surface area contributed by atoms with Gasteiger partial charge in [0.2, 0.25) is 0 Å². The van der Waals surface area contributed by atoms with Crippen LogP contribution in [-0.2, 0) is 25.9 Å². The predicted molar refractivity (Wildman–Crippen MR) is 75.0 cm³/mol. The van der Waals surface area contributed by atoms with E-state index in [1.807, 2.05) is 4.57 Å². The van der Waals surface area contributed by atoms with Gasteiger partial charge in [-0.1, -0.05) is 13.8 Å². The summed E-state index contributed by atoms with van der Waals surface area (Å²) in [5, 5.41) is 3.27. The lowest BCUT2D eigenvalue weighted by Gasteiger charge is -2.22. The normalized spacial score (nSPS) is 14.6. The van der Waals surface area contributed by atoms with E-state index < -0.39 is 0 Å². The van der Waals surface area contributed by atoms with E-state index in [0.717, 1.165) is 37.9 Å². The van der Waals surface area contributed by atoms with Gasteiger partial charge >= 0.3 is 0 Å². The monoisotopic (exact) mass is 248 g/mol. The fourth-order valence-corrected chi connectivity index (χ4v) is 2.79. The number of nitrogens with zero attached hydrogens (tertiary/aromatic N) is 1. The first-order valence-corrected chi connectivity index (χ1v) is 7.23. The van der Waals surface area contributed by atoms with E-state index >= 15 is 0 Å². The minimum Gasteiger partial charge on any atom is -0.313 e. The molecule has 1 heterocycles. The predicted octanol–water partition coefficient (Wildman–Crippen LogP) is 2.25. The fraction of sp³-hybridized carbons (Fsp3) is 0.667. The molecule has 1 N–H and O–H groups in total. The highest BCUT2D eigenvalue weighted by atomic mass is 16.1. The quantitative estimate of drug-likeness (QED) is 0.867. The summed E-state index contributed by atoms with van der Waals surface area (Å²) in [4.78, 5) is 12.5. The Morgan fingerprint density at radius 2 is 2.06 bits per heavy atom. The topological polar surface area (TPSA) is 34.0 Å². The smallest absolute Gasteiger partial charge is 0.255 e. The van der Waals surface area contributed by atoms with Crippen molar-refractivity contribution in [3.63, 3.8) is 0 Å². The standard InChI is InChI=1S/C15H24N2O/c1-3-9-17-14-8-6-5-7-12(14)10-13(15(17)18)11-16-4-2/h10,16H,3-9,11H2,1-2H3. The molecule has 1 aliphatic rings. The summed E-state index contributed by atoms with van der Waals surface area (Å²) in [6.07, 6.45) is 5.72. The van der Waals surface area contributed by atoms with E-state index in [-0.39, 0.29) is 5.56 Å². The molecule has 0 atom stereocenters. The average Bonchev–Trinajstić information content (AvgIpc) is 2.40. The maximum atomic E-state index is 12.5. The molecule has 1 aromatic heterocycles. The number of pyridine rings is 1. The minimum atomic E-state index is 0.221. The lowest BCUT2D eigenvalue weighted by atomic mass is 9.94. The molecule has 3 nitrogen and oxygen atoms in total. The number of aryl methyl sites for hydroxylation is 1. The molecule has 1 aliphatic carbocycles. The van der Waals surface area contributed by atoms with Crippen LogP contribution in [0.1, 0.15) is 49.9 Å². The maximum Gasteiger partial charge on any atom is 0.255 e. The van der Waals surface area contributed by atoms with Gasteiger partial charge in [0.05, 0.1) is 0 Å². The Bertz CT molecular complexity index is 462. The first kappa shape index (κ1) is 13.3. The highest BCUT2D eigenvalue weighted by Crippen LogP contribution is 2.21. The first-order valence-electron chi connectivity index (χ1n) is 7.23. The third-order valence-corrected chi connectivity index (χ3v) is 3.69. The van der Waals surface area contributed by atoms with Gasteiger partial charge in [-0.3, -0.25) is 4.79 Å². The largest absolute Gasteiger partial charge is 0.313 e. The molecule has 1 aromatic rings. The highest BCUT2D eigenvalue weighted by molar-refractivity contribution is 5.29. The summed E-state index contributed by atoms with van der Waals surface area (Å²) >= 11 is 0. The zero-order valence-electron chi connectivity index (χ0n) is 11.6. The first-order chi connectivity index (χ1) is 8.77. The number of aromatic nitrogens is 1. The van der Waals surface area contributed by atoms with E-state index in [2.05, 4.69) is 25.2 Å². The van der Waals surface area contributed by atoms with Crippen LogP contribution in [0.5, 0.6) is 0 Å². The number of hydrogen-bond acceptors (Lipinski definition) is 2. The summed E-state index contributed by atoms with van der Waals surface area (Å²) in [6.45, 7) is 6.68. The molecule has 0 saturated carbocycles. The zero-order chi connectivity index (χ0) is 13.0. The van der Waals surface area contributed by atoms with Crippen LogP contribution in [0.4, 0.5) is 0 Å².